The molecule has 0 aliphatic carbocycles. The topological polar surface area (TPSA) is 93.7 Å². The van der Waals surface area contributed by atoms with Crippen LogP contribution >= 0.6 is 0 Å². The van der Waals surface area contributed by atoms with Gasteiger partial charge in [0.15, 0.2) is 11.5 Å². The van der Waals surface area contributed by atoms with Crippen molar-refractivity contribution < 1.29 is 22.7 Å². The van der Waals surface area contributed by atoms with Gasteiger partial charge in [0.25, 0.3) is 0 Å². The highest BCUT2D eigenvalue weighted by Crippen LogP contribution is 2.29. The van der Waals surface area contributed by atoms with E-state index in [1.165, 1.54) is 6.08 Å². The van der Waals surface area contributed by atoms with Crippen LogP contribution in [0.3, 0.4) is 0 Å². The van der Waals surface area contributed by atoms with Gasteiger partial charge in [-0.15, -0.1) is 0 Å². The first-order valence-corrected chi connectivity index (χ1v) is 11.5. The van der Waals surface area contributed by atoms with Crippen molar-refractivity contribution in [3.8, 4) is 11.5 Å². The number of aryl methyl sites for hydroxylation is 1. The minimum Gasteiger partial charge on any atom is -0.493 e. The third-order valence-corrected chi connectivity index (χ3v) is 4.76. The van der Waals surface area contributed by atoms with Crippen molar-refractivity contribution in [1.29, 1.82) is 0 Å². The molecule has 30 heavy (non-hydrogen) atoms. The first kappa shape index (κ1) is 23.3. The van der Waals surface area contributed by atoms with Crippen LogP contribution in [0, 0.1) is 6.92 Å². The van der Waals surface area contributed by atoms with Gasteiger partial charge in [0.1, 0.15) is 0 Å². The normalized spacial score (nSPS) is 11.3. The summed E-state index contributed by atoms with van der Waals surface area (Å²) >= 11 is 0. The predicted octanol–water partition coefficient (Wildman–Crippen LogP) is 4.21. The van der Waals surface area contributed by atoms with Crippen LogP contribution in [0.5, 0.6) is 11.5 Å². The fourth-order valence-corrected chi connectivity index (χ4v) is 3.22. The van der Waals surface area contributed by atoms with Crippen LogP contribution in [0.15, 0.2) is 42.5 Å². The van der Waals surface area contributed by atoms with E-state index in [-0.39, 0.29) is 5.91 Å². The summed E-state index contributed by atoms with van der Waals surface area (Å²) in [4.78, 5) is 12.3. The largest absolute Gasteiger partial charge is 0.493 e. The number of benzene rings is 2. The minimum absolute atomic E-state index is 0.341. The van der Waals surface area contributed by atoms with E-state index in [2.05, 4.69) is 17.0 Å². The van der Waals surface area contributed by atoms with E-state index in [4.69, 9.17) is 9.47 Å². The smallest absolute Gasteiger partial charge is 0.248 e. The quantitative estimate of drug-likeness (QED) is 0.433. The summed E-state index contributed by atoms with van der Waals surface area (Å²) in [7, 11) is -1.84. The molecule has 0 heterocycles. The lowest BCUT2D eigenvalue weighted by molar-refractivity contribution is -0.111. The zero-order valence-corrected chi connectivity index (χ0v) is 18.5. The number of amides is 1. The number of ether oxygens (including phenoxy) is 2. The fraction of sp³-hybridized carbons (Fsp3) is 0.318. The Kier molecular flexibility index (Phi) is 8.29. The van der Waals surface area contributed by atoms with Crippen molar-refractivity contribution in [1.82, 2.24) is 0 Å². The Balaban J connectivity index is 2.06. The van der Waals surface area contributed by atoms with Crippen LogP contribution in [0.25, 0.3) is 6.08 Å². The van der Waals surface area contributed by atoms with Gasteiger partial charge >= 0.3 is 0 Å². The standard InChI is InChI=1S/C22H28N2O5S/c1-5-6-13-29-20-11-8-17(14-21(20)28-3)9-12-22(25)23-18-10-7-16(2)19(15-18)24-30(4,26)27/h7-12,14-15,24H,5-6,13H2,1-4H3,(H,23,25)/b12-9+. The number of unbranched alkanes of at least 4 members (excludes halogenated alkanes) is 1. The molecule has 162 valence electrons. The summed E-state index contributed by atoms with van der Waals surface area (Å²) < 4.78 is 36.4. The number of methoxy groups -OCH3 is 1. The van der Waals surface area contributed by atoms with Crippen LogP contribution in [0.1, 0.15) is 30.9 Å². The second kappa shape index (κ2) is 10.7. The molecule has 1 amide bonds. The minimum atomic E-state index is -3.41. The van der Waals surface area contributed by atoms with Crippen molar-refractivity contribution in [3.63, 3.8) is 0 Å². The Labute approximate surface area is 178 Å². The number of hydrogen-bond acceptors (Lipinski definition) is 5. The van der Waals surface area contributed by atoms with E-state index < -0.39 is 10.0 Å². The van der Waals surface area contributed by atoms with Crippen molar-refractivity contribution in [3.05, 3.63) is 53.6 Å². The highest BCUT2D eigenvalue weighted by Gasteiger charge is 2.08. The molecule has 0 saturated carbocycles. The van der Waals surface area contributed by atoms with Crippen LogP contribution in [-0.4, -0.2) is 34.3 Å². The molecule has 2 aromatic rings. The second-order valence-electron chi connectivity index (χ2n) is 6.84. The average molecular weight is 433 g/mol. The van der Waals surface area contributed by atoms with E-state index in [9.17, 15) is 13.2 Å². The number of anilines is 2. The molecule has 0 aliphatic rings. The summed E-state index contributed by atoms with van der Waals surface area (Å²) in [6, 6.07) is 10.5. The van der Waals surface area contributed by atoms with Crippen LogP contribution in [0.2, 0.25) is 0 Å². The predicted molar refractivity (Wildman–Crippen MR) is 121 cm³/mol. The third-order valence-electron chi connectivity index (χ3n) is 4.17. The molecule has 0 unspecified atom stereocenters. The molecular formula is C22H28N2O5S. The van der Waals surface area contributed by atoms with Crippen LogP contribution in [-0.2, 0) is 14.8 Å². The lowest BCUT2D eigenvalue weighted by Crippen LogP contribution is -2.12. The first-order valence-electron chi connectivity index (χ1n) is 9.60. The first-order chi connectivity index (χ1) is 14.2. The van der Waals surface area contributed by atoms with E-state index in [0.29, 0.717) is 29.5 Å². The van der Waals surface area contributed by atoms with Gasteiger partial charge in [-0.25, -0.2) is 8.42 Å². The van der Waals surface area contributed by atoms with Gasteiger partial charge in [0.2, 0.25) is 15.9 Å². The summed E-state index contributed by atoms with van der Waals surface area (Å²) in [5.41, 5.74) is 2.44. The lowest BCUT2D eigenvalue weighted by Gasteiger charge is -2.11. The van der Waals surface area contributed by atoms with E-state index >= 15 is 0 Å². The number of nitrogens with one attached hydrogen (secondary N) is 2. The number of sulfonamides is 1. The molecule has 8 heteroatoms. The Morgan fingerprint density at radius 2 is 1.90 bits per heavy atom. The maximum Gasteiger partial charge on any atom is 0.248 e. The highest BCUT2D eigenvalue weighted by molar-refractivity contribution is 7.92. The molecule has 0 aliphatic heterocycles. The second-order valence-corrected chi connectivity index (χ2v) is 8.59. The van der Waals surface area contributed by atoms with Gasteiger partial charge in [-0.05, 0) is 54.8 Å². The van der Waals surface area contributed by atoms with Crippen molar-refractivity contribution in [2.24, 2.45) is 0 Å². The van der Waals surface area contributed by atoms with Gasteiger partial charge in [-0.3, -0.25) is 9.52 Å². The summed E-state index contributed by atoms with van der Waals surface area (Å²) in [5.74, 6) is 0.924. The number of carbonyl (C=O) groups is 1. The molecule has 0 spiro atoms. The van der Waals surface area contributed by atoms with Gasteiger partial charge < -0.3 is 14.8 Å². The van der Waals surface area contributed by atoms with Gasteiger partial charge in [0.05, 0.1) is 25.7 Å². The molecule has 0 saturated heterocycles. The molecule has 0 bridgehead atoms. The lowest BCUT2D eigenvalue weighted by atomic mass is 10.1. The van der Waals surface area contributed by atoms with Crippen LogP contribution in [0.4, 0.5) is 11.4 Å². The van der Waals surface area contributed by atoms with Crippen molar-refractivity contribution in [2.75, 3.05) is 30.0 Å². The molecule has 2 aromatic carbocycles. The third kappa shape index (κ3) is 7.44. The van der Waals surface area contributed by atoms with Crippen molar-refractivity contribution in [2.45, 2.75) is 26.7 Å². The number of rotatable bonds is 10. The summed E-state index contributed by atoms with van der Waals surface area (Å²) in [5, 5.41) is 2.72. The van der Waals surface area contributed by atoms with E-state index in [1.54, 1.807) is 44.4 Å². The van der Waals surface area contributed by atoms with Gasteiger partial charge in [-0.2, -0.15) is 0 Å². The molecule has 0 fully saturated rings. The Bertz CT molecular complexity index is 1020. The Hall–Kier alpha value is -3.00. The zero-order valence-electron chi connectivity index (χ0n) is 17.7. The molecular weight excluding hydrogens is 404 g/mol. The maximum absolute atomic E-state index is 12.3. The Morgan fingerprint density at radius 3 is 2.57 bits per heavy atom. The molecule has 7 nitrogen and oxygen atoms in total. The van der Waals surface area contributed by atoms with Gasteiger partial charge in [-0.1, -0.05) is 25.5 Å². The summed E-state index contributed by atoms with van der Waals surface area (Å²) in [6.45, 7) is 4.50. The average Bonchev–Trinajstić information content (AvgIpc) is 2.68. The summed E-state index contributed by atoms with van der Waals surface area (Å²) in [6.07, 6.45) is 6.15. The molecule has 2 rings (SSSR count). The monoisotopic (exact) mass is 432 g/mol. The zero-order chi connectivity index (χ0) is 22.1. The van der Waals surface area contributed by atoms with Gasteiger partial charge in [0, 0.05) is 11.8 Å². The number of hydrogen-bond donors (Lipinski definition) is 2. The number of carbonyl (C=O) groups excluding carboxylic acids is 1. The SMILES string of the molecule is CCCCOc1ccc(/C=C/C(=O)Nc2ccc(C)c(NS(C)(=O)=O)c2)cc1OC. The van der Waals surface area contributed by atoms with E-state index in [1.807, 2.05) is 12.1 Å². The van der Waals surface area contributed by atoms with Crippen molar-refractivity contribution >= 4 is 33.4 Å². The molecule has 2 N–H and O–H groups in total. The van der Waals surface area contributed by atoms with E-state index in [0.717, 1.165) is 30.2 Å². The highest BCUT2D eigenvalue weighted by atomic mass is 32.2. The fourth-order valence-electron chi connectivity index (χ4n) is 2.60. The maximum atomic E-state index is 12.3. The molecule has 0 atom stereocenters. The Morgan fingerprint density at radius 1 is 1.13 bits per heavy atom. The van der Waals surface area contributed by atoms with Crippen LogP contribution < -0.4 is 19.5 Å². The molecule has 0 radical (unpaired) electrons. The molecule has 0 aromatic heterocycles.